The van der Waals surface area contributed by atoms with Crippen molar-refractivity contribution in [2.75, 3.05) is 12.4 Å². The molecular formula is C18H18ClN3O4S2. The van der Waals surface area contributed by atoms with Gasteiger partial charge in [-0.05, 0) is 50.3 Å². The van der Waals surface area contributed by atoms with Crippen LogP contribution in [0, 0.1) is 0 Å². The molecule has 0 atom stereocenters. The molecular weight excluding hydrogens is 422 g/mol. The van der Waals surface area contributed by atoms with Crippen LogP contribution in [0.25, 0.3) is 0 Å². The maximum Gasteiger partial charge on any atom is 0.341 e. The first-order valence-corrected chi connectivity index (χ1v) is 10.6. The quantitative estimate of drug-likeness (QED) is 0.329. The Hall–Kier alpha value is -2.23. The normalized spacial score (nSPS) is 13.6. The molecule has 2 aromatic heterocycles. The number of hydrogen-bond acceptors (Lipinski definition) is 7. The number of thiophene rings is 2. The lowest BCUT2D eigenvalue weighted by atomic mass is 9.95. The predicted molar refractivity (Wildman–Crippen MR) is 111 cm³/mol. The van der Waals surface area contributed by atoms with Gasteiger partial charge < -0.3 is 10.1 Å². The number of amides is 2. The molecule has 7 nitrogen and oxygen atoms in total. The predicted octanol–water partition coefficient (Wildman–Crippen LogP) is 3.61. The summed E-state index contributed by atoms with van der Waals surface area (Å²) in [6.07, 6.45) is 3.61. The number of nitrogens with zero attached hydrogens (tertiary/aromatic N) is 1. The lowest BCUT2D eigenvalue weighted by molar-refractivity contribution is -0.136. The zero-order valence-electron chi connectivity index (χ0n) is 15.3. The van der Waals surface area contributed by atoms with Gasteiger partial charge in [-0.1, -0.05) is 11.6 Å². The molecule has 2 aromatic rings. The minimum atomic E-state index is -0.927. The van der Waals surface area contributed by atoms with Gasteiger partial charge in [0.2, 0.25) is 0 Å². The van der Waals surface area contributed by atoms with Gasteiger partial charge in [-0.15, -0.1) is 22.7 Å². The van der Waals surface area contributed by atoms with E-state index in [2.05, 4.69) is 15.8 Å². The number of aryl methyl sites for hydroxylation is 1. The van der Waals surface area contributed by atoms with Crippen LogP contribution in [0.1, 0.15) is 45.4 Å². The van der Waals surface area contributed by atoms with E-state index in [0.717, 1.165) is 41.0 Å². The van der Waals surface area contributed by atoms with Crippen molar-refractivity contribution < 1.29 is 19.1 Å². The van der Waals surface area contributed by atoms with Crippen LogP contribution in [0.15, 0.2) is 17.2 Å². The molecule has 2 heterocycles. The molecule has 10 heteroatoms. The van der Waals surface area contributed by atoms with Crippen LogP contribution >= 0.6 is 34.3 Å². The van der Waals surface area contributed by atoms with Crippen LogP contribution in [0.2, 0.25) is 4.34 Å². The fourth-order valence-electron chi connectivity index (χ4n) is 2.88. The average Bonchev–Trinajstić information content (AvgIpc) is 3.28. The summed E-state index contributed by atoms with van der Waals surface area (Å²) in [5.74, 6) is -2.34. The second kappa shape index (κ2) is 8.85. The first-order valence-electron chi connectivity index (χ1n) is 8.55. The highest BCUT2D eigenvalue weighted by molar-refractivity contribution is 7.18. The monoisotopic (exact) mass is 439 g/mol. The third-order valence-electron chi connectivity index (χ3n) is 4.25. The van der Waals surface area contributed by atoms with E-state index in [1.165, 1.54) is 29.8 Å². The number of carbonyl (C=O) groups is 3. The Morgan fingerprint density at radius 2 is 1.89 bits per heavy atom. The van der Waals surface area contributed by atoms with E-state index in [1.807, 2.05) is 0 Å². The molecule has 1 aliphatic rings. The van der Waals surface area contributed by atoms with Gasteiger partial charge in [0.1, 0.15) is 5.00 Å². The van der Waals surface area contributed by atoms with Gasteiger partial charge in [0, 0.05) is 4.88 Å². The molecule has 0 aliphatic heterocycles. The van der Waals surface area contributed by atoms with Crippen molar-refractivity contribution in [3.63, 3.8) is 0 Å². The first-order chi connectivity index (χ1) is 13.4. The van der Waals surface area contributed by atoms with Gasteiger partial charge >= 0.3 is 17.8 Å². The highest BCUT2D eigenvalue weighted by atomic mass is 35.5. The summed E-state index contributed by atoms with van der Waals surface area (Å²) in [5, 5.41) is 6.80. The third kappa shape index (κ3) is 4.43. The van der Waals surface area contributed by atoms with Gasteiger partial charge in [-0.2, -0.15) is 5.10 Å². The number of methoxy groups -OCH3 is 1. The number of nitrogens with one attached hydrogen (secondary N) is 2. The standard InChI is InChI=1S/C18H18ClN3O4S2/c1-9(11-7-8-13(19)27-11)21-22-16(24)15(23)20-17-14(18(25)26-2)10-5-3-4-6-12(10)28-17/h7-8H,3-6H2,1-2H3,(H,20,23)(H,22,24)/b21-9+. The Bertz CT molecular complexity index is 964. The van der Waals surface area contributed by atoms with Crippen molar-refractivity contribution in [1.82, 2.24) is 5.43 Å². The Kier molecular flexibility index (Phi) is 6.48. The molecule has 148 valence electrons. The molecule has 0 aromatic carbocycles. The number of rotatable bonds is 4. The number of halogens is 1. The van der Waals surface area contributed by atoms with Gasteiger partial charge in [-0.3, -0.25) is 9.59 Å². The molecule has 3 rings (SSSR count). The molecule has 2 N–H and O–H groups in total. The average molecular weight is 440 g/mol. The number of fused-ring (bicyclic) bond motifs is 1. The highest BCUT2D eigenvalue weighted by Gasteiger charge is 2.28. The molecule has 2 amide bonds. The molecule has 0 saturated heterocycles. The summed E-state index contributed by atoms with van der Waals surface area (Å²) in [6.45, 7) is 1.70. The minimum absolute atomic E-state index is 0.338. The van der Waals surface area contributed by atoms with E-state index in [1.54, 1.807) is 19.1 Å². The Labute approximate surface area is 174 Å². The molecule has 1 aliphatic carbocycles. The summed E-state index contributed by atoms with van der Waals surface area (Å²) in [7, 11) is 1.29. The molecule has 0 unspecified atom stereocenters. The summed E-state index contributed by atoms with van der Waals surface area (Å²) in [4.78, 5) is 38.4. The molecule has 0 bridgehead atoms. The van der Waals surface area contributed by atoms with Crippen molar-refractivity contribution in [3.05, 3.63) is 37.4 Å². The Morgan fingerprint density at radius 3 is 2.57 bits per heavy atom. The summed E-state index contributed by atoms with van der Waals surface area (Å²) in [5.41, 5.74) is 4.00. The van der Waals surface area contributed by atoms with Gasteiger partial charge in [-0.25, -0.2) is 10.2 Å². The van der Waals surface area contributed by atoms with Crippen LogP contribution in [0.4, 0.5) is 5.00 Å². The van der Waals surface area contributed by atoms with E-state index in [0.29, 0.717) is 20.6 Å². The number of esters is 1. The maximum absolute atomic E-state index is 12.3. The van der Waals surface area contributed by atoms with E-state index in [4.69, 9.17) is 16.3 Å². The summed E-state index contributed by atoms with van der Waals surface area (Å²) < 4.78 is 5.46. The third-order valence-corrected chi connectivity index (χ3v) is 6.80. The number of ether oxygens (including phenoxy) is 1. The lowest BCUT2D eigenvalue weighted by Gasteiger charge is -2.11. The molecule has 0 saturated carbocycles. The van der Waals surface area contributed by atoms with Gasteiger partial charge in [0.25, 0.3) is 0 Å². The molecule has 0 spiro atoms. The van der Waals surface area contributed by atoms with Crippen molar-refractivity contribution in [2.45, 2.75) is 32.6 Å². The minimum Gasteiger partial charge on any atom is -0.465 e. The zero-order chi connectivity index (χ0) is 20.3. The van der Waals surface area contributed by atoms with E-state index in [9.17, 15) is 14.4 Å². The fraction of sp³-hybridized carbons (Fsp3) is 0.333. The highest BCUT2D eigenvalue weighted by Crippen LogP contribution is 2.38. The second-order valence-corrected chi connectivity index (χ2v) is 8.92. The van der Waals surface area contributed by atoms with E-state index < -0.39 is 17.8 Å². The van der Waals surface area contributed by atoms with Crippen LogP contribution in [0.3, 0.4) is 0 Å². The lowest BCUT2D eigenvalue weighted by Crippen LogP contribution is -2.33. The zero-order valence-corrected chi connectivity index (χ0v) is 17.6. The van der Waals surface area contributed by atoms with Gasteiger partial charge in [0.05, 0.1) is 27.6 Å². The topological polar surface area (TPSA) is 96.9 Å². The molecule has 0 radical (unpaired) electrons. The molecule has 0 fully saturated rings. The first kappa shape index (κ1) is 20.5. The largest absolute Gasteiger partial charge is 0.465 e. The summed E-state index contributed by atoms with van der Waals surface area (Å²) >= 11 is 8.51. The van der Waals surface area contributed by atoms with Crippen molar-refractivity contribution in [3.8, 4) is 0 Å². The number of hydrazone groups is 1. The Balaban J connectivity index is 1.73. The number of hydrogen-bond donors (Lipinski definition) is 2. The smallest absolute Gasteiger partial charge is 0.341 e. The maximum atomic E-state index is 12.3. The van der Waals surface area contributed by atoms with Gasteiger partial charge in [0.15, 0.2) is 0 Å². The number of anilines is 1. The second-order valence-electron chi connectivity index (χ2n) is 6.10. The SMILES string of the molecule is COC(=O)c1c(NC(=O)C(=O)N/N=C(\C)c2ccc(Cl)s2)sc2c1CCCC2. The van der Waals surface area contributed by atoms with Crippen molar-refractivity contribution in [2.24, 2.45) is 5.10 Å². The summed E-state index contributed by atoms with van der Waals surface area (Å²) in [6, 6.07) is 3.50. The van der Waals surface area contributed by atoms with Crippen LogP contribution in [0.5, 0.6) is 0 Å². The van der Waals surface area contributed by atoms with Crippen LogP contribution in [-0.4, -0.2) is 30.6 Å². The van der Waals surface area contributed by atoms with Crippen molar-refractivity contribution in [1.29, 1.82) is 0 Å². The van der Waals surface area contributed by atoms with E-state index in [-0.39, 0.29) is 0 Å². The van der Waals surface area contributed by atoms with Crippen molar-refractivity contribution >= 4 is 62.8 Å². The Morgan fingerprint density at radius 1 is 1.14 bits per heavy atom. The molecule has 28 heavy (non-hydrogen) atoms. The number of carbonyl (C=O) groups excluding carboxylic acids is 3. The van der Waals surface area contributed by atoms with Crippen LogP contribution < -0.4 is 10.7 Å². The van der Waals surface area contributed by atoms with E-state index >= 15 is 0 Å². The fourth-order valence-corrected chi connectivity index (χ4v) is 5.14. The van der Waals surface area contributed by atoms with Crippen LogP contribution in [-0.2, 0) is 27.2 Å².